The number of aliphatic hydroxyl groups excluding tert-OH is 3. The molecule has 0 radical (unpaired) electrons. The third-order valence-corrected chi connectivity index (χ3v) is 9.38. The summed E-state index contributed by atoms with van der Waals surface area (Å²) in [5.41, 5.74) is 11.8. The Kier molecular flexibility index (Phi) is 9.89. The van der Waals surface area contributed by atoms with Gasteiger partial charge in [0.2, 0.25) is 5.91 Å². The van der Waals surface area contributed by atoms with Crippen molar-refractivity contribution in [2.75, 3.05) is 33.3 Å². The number of aliphatic imine (C=N–C) groups is 1. The van der Waals surface area contributed by atoms with Crippen molar-refractivity contribution in [2.24, 2.45) is 34.2 Å². The number of likely N-dealkylation sites (N-methyl/N-ethyl adjacent to an activating group) is 1. The van der Waals surface area contributed by atoms with Crippen LogP contribution in [-0.2, 0) is 19.0 Å². The number of carbonyl (C=O) groups excluding carboxylic acids is 1. The van der Waals surface area contributed by atoms with Gasteiger partial charge >= 0.3 is 0 Å². The highest BCUT2D eigenvalue weighted by Gasteiger charge is 2.53. The molecule has 14 nitrogen and oxygen atoms in total. The molecule has 1 amide bonds. The summed E-state index contributed by atoms with van der Waals surface area (Å²) in [7, 11) is 1.61. The van der Waals surface area contributed by atoms with E-state index in [4.69, 9.17) is 25.7 Å². The number of carbonyl (C=O) groups is 1. The molecule has 11 N–H and O–H groups in total. The van der Waals surface area contributed by atoms with Gasteiger partial charge in [-0.1, -0.05) is 0 Å². The molecule has 4 fully saturated rings. The Morgan fingerprint density at radius 2 is 2.02 bits per heavy atom. The maximum atomic E-state index is 13.0. The Bertz CT molecular complexity index is 1010. The molecule has 2 saturated heterocycles. The fourth-order valence-electron chi connectivity index (χ4n) is 6.50. The van der Waals surface area contributed by atoms with Crippen LogP contribution < -0.4 is 27.4 Å². The van der Waals surface area contributed by atoms with E-state index in [9.17, 15) is 25.2 Å². The molecule has 5 aliphatic rings. The minimum atomic E-state index is -1.37. The van der Waals surface area contributed by atoms with Crippen LogP contribution in [0.2, 0.25) is 0 Å². The topological polar surface area (TPSA) is 226 Å². The Morgan fingerprint density at radius 1 is 1.29 bits per heavy atom. The largest absolute Gasteiger partial charge is 0.487 e. The highest BCUT2D eigenvalue weighted by molar-refractivity contribution is 5.81. The van der Waals surface area contributed by atoms with Crippen LogP contribution in [0.1, 0.15) is 32.6 Å². The van der Waals surface area contributed by atoms with Crippen LogP contribution in [0.4, 0.5) is 0 Å². The van der Waals surface area contributed by atoms with E-state index in [2.05, 4.69) is 20.9 Å². The van der Waals surface area contributed by atoms with Gasteiger partial charge in [0, 0.05) is 43.6 Å². The lowest BCUT2D eigenvalue weighted by molar-refractivity contribution is -0.297. The van der Waals surface area contributed by atoms with Crippen LogP contribution in [-0.4, -0.2) is 132 Å². The first kappa shape index (κ1) is 31.7. The number of nitrogens with zero attached hydrogens (tertiary/aromatic N) is 1. The van der Waals surface area contributed by atoms with E-state index in [0.29, 0.717) is 31.2 Å². The molecule has 3 aliphatic heterocycles. The Labute approximate surface area is 246 Å². The lowest BCUT2D eigenvalue weighted by atomic mass is 9.72. The van der Waals surface area contributed by atoms with Crippen LogP contribution in [0.5, 0.6) is 0 Å². The van der Waals surface area contributed by atoms with Crippen LogP contribution in [0.25, 0.3) is 0 Å². The predicted molar refractivity (Wildman–Crippen MR) is 152 cm³/mol. The number of aliphatic hydroxyl groups is 4. The zero-order valence-electron chi connectivity index (χ0n) is 24.3. The molecule has 14 heteroatoms. The highest BCUT2D eigenvalue weighted by Crippen LogP contribution is 2.37. The number of hydrogen-bond donors (Lipinski definition) is 9. The smallest absolute Gasteiger partial charge is 0.249 e. The number of rotatable bonds is 10. The van der Waals surface area contributed by atoms with Crippen molar-refractivity contribution < 1.29 is 39.4 Å². The van der Waals surface area contributed by atoms with Crippen molar-refractivity contribution in [3.05, 3.63) is 11.8 Å². The Morgan fingerprint density at radius 3 is 2.67 bits per heavy atom. The molecule has 42 heavy (non-hydrogen) atoms. The molecule has 0 aromatic heterocycles. The number of nitrogens with one attached hydrogen (secondary N) is 3. The molecule has 238 valence electrons. The SMILES string of the molecule is CN[C@@H]1[C@@H](O)[C@@H](O[C@@H]2[C@@H](O)[C@H](C3OC(C=NCC4CC4)=CC[C@H]3N)[C@@H](N)C[C@H]2NC(=O)C(O)C2CNC2)OC[C@]1(C)O. The number of amides is 1. The van der Waals surface area contributed by atoms with Crippen LogP contribution >= 0.6 is 0 Å². The summed E-state index contributed by atoms with van der Waals surface area (Å²) >= 11 is 0. The van der Waals surface area contributed by atoms with Crippen LogP contribution in [0.3, 0.4) is 0 Å². The summed E-state index contributed by atoms with van der Waals surface area (Å²) in [4.78, 5) is 17.5. The fourth-order valence-corrected chi connectivity index (χ4v) is 6.50. The minimum Gasteiger partial charge on any atom is -0.487 e. The molecule has 0 spiro atoms. The molecule has 0 aromatic carbocycles. The van der Waals surface area contributed by atoms with Crippen molar-refractivity contribution in [2.45, 2.75) is 99.2 Å². The van der Waals surface area contributed by atoms with Gasteiger partial charge in [0.1, 0.15) is 35.8 Å². The second-order valence-corrected chi connectivity index (χ2v) is 12.9. The van der Waals surface area contributed by atoms with E-state index >= 15 is 0 Å². The van der Waals surface area contributed by atoms with E-state index in [0.717, 1.165) is 6.54 Å². The maximum absolute atomic E-state index is 13.0. The summed E-state index contributed by atoms with van der Waals surface area (Å²) in [6.07, 6.45) is -0.184. The van der Waals surface area contributed by atoms with Crippen LogP contribution in [0, 0.1) is 17.8 Å². The van der Waals surface area contributed by atoms with Crippen molar-refractivity contribution >= 4 is 12.1 Å². The van der Waals surface area contributed by atoms with Crippen LogP contribution in [0.15, 0.2) is 16.8 Å². The first-order valence-corrected chi connectivity index (χ1v) is 15.1. The van der Waals surface area contributed by atoms with Gasteiger partial charge in [-0.2, -0.15) is 0 Å². The molecule has 2 unspecified atom stereocenters. The number of nitrogens with two attached hydrogens (primary N) is 2. The maximum Gasteiger partial charge on any atom is 0.249 e. The standard InChI is InChI=1S/C28H48N6O8/c1-28(39)12-40-27(22(37)25(28)31-2)42-24-18(34-26(38)20(35)14-9-33-10-14)7-17(30)19(21(24)36)23-16(29)6-5-15(41-23)11-32-8-13-3-4-13/h5,11,13-14,16-25,27,31,33,35-37,39H,3-4,6-10,12,29-30H2,1-2H3,(H,34,38)/t16-,17+,18-,19-,20?,21+,22-,23?,24+,25-,27-,28+/m1/s1. The summed E-state index contributed by atoms with van der Waals surface area (Å²) < 4.78 is 18.2. The van der Waals surface area contributed by atoms with Gasteiger partial charge in [0.05, 0.1) is 31.0 Å². The fraction of sp³-hybridized carbons (Fsp3) is 0.857. The van der Waals surface area contributed by atoms with E-state index in [1.54, 1.807) is 20.2 Å². The van der Waals surface area contributed by atoms with Gasteiger partial charge in [-0.15, -0.1) is 0 Å². The molecule has 2 aliphatic carbocycles. The van der Waals surface area contributed by atoms with Gasteiger partial charge in [0.25, 0.3) is 0 Å². The van der Waals surface area contributed by atoms with Gasteiger partial charge in [-0.3, -0.25) is 9.79 Å². The molecule has 0 bridgehead atoms. The predicted octanol–water partition coefficient (Wildman–Crippen LogP) is -3.32. The zero-order chi connectivity index (χ0) is 30.2. The van der Waals surface area contributed by atoms with E-state index in [-0.39, 0.29) is 18.9 Å². The van der Waals surface area contributed by atoms with E-state index < -0.39 is 78.4 Å². The second kappa shape index (κ2) is 13.1. The monoisotopic (exact) mass is 596 g/mol. The molecule has 0 aromatic rings. The first-order chi connectivity index (χ1) is 20.0. The summed E-state index contributed by atoms with van der Waals surface area (Å²) in [5.74, 6) is -0.311. The summed E-state index contributed by atoms with van der Waals surface area (Å²) in [6, 6.07) is -2.71. The number of hydrogen-bond acceptors (Lipinski definition) is 13. The molecule has 12 atom stereocenters. The van der Waals surface area contributed by atoms with Gasteiger partial charge < -0.3 is 62.1 Å². The van der Waals surface area contributed by atoms with E-state index in [1.165, 1.54) is 12.8 Å². The lowest BCUT2D eigenvalue weighted by Crippen LogP contribution is -2.70. The molecular weight excluding hydrogens is 548 g/mol. The third-order valence-electron chi connectivity index (χ3n) is 9.38. The zero-order valence-corrected chi connectivity index (χ0v) is 24.3. The summed E-state index contributed by atoms with van der Waals surface area (Å²) in [6.45, 7) is 3.19. The first-order valence-electron chi connectivity index (χ1n) is 15.1. The molecule has 3 heterocycles. The van der Waals surface area contributed by atoms with Gasteiger partial charge in [0.15, 0.2) is 6.29 Å². The number of ether oxygens (including phenoxy) is 3. The number of allylic oxidation sites excluding steroid dienone is 1. The second-order valence-electron chi connectivity index (χ2n) is 12.9. The van der Waals surface area contributed by atoms with Gasteiger partial charge in [-0.25, -0.2) is 0 Å². The Hall–Kier alpha value is -1.72. The Balaban J connectivity index is 1.35. The average Bonchev–Trinajstić information content (AvgIpc) is 3.72. The van der Waals surface area contributed by atoms with Gasteiger partial charge in [-0.05, 0) is 51.6 Å². The highest BCUT2D eigenvalue weighted by atomic mass is 16.7. The minimum absolute atomic E-state index is 0.138. The quantitative estimate of drug-likeness (QED) is 0.113. The average molecular weight is 597 g/mol. The third kappa shape index (κ3) is 6.83. The van der Waals surface area contributed by atoms with Crippen molar-refractivity contribution in [3.8, 4) is 0 Å². The van der Waals surface area contributed by atoms with Crippen molar-refractivity contribution in [3.63, 3.8) is 0 Å². The van der Waals surface area contributed by atoms with Crippen molar-refractivity contribution in [1.82, 2.24) is 16.0 Å². The summed E-state index contributed by atoms with van der Waals surface area (Å²) in [5, 5.41) is 52.9. The normalized spacial score (nSPS) is 43.8. The molecule has 5 rings (SSSR count). The lowest BCUT2D eigenvalue weighted by Gasteiger charge is -2.50. The van der Waals surface area contributed by atoms with E-state index in [1.807, 2.05) is 6.08 Å². The molecular formula is C28H48N6O8. The molecule has 2 saturated carbocycles. The van der Waals surface area contributed by atoms with Crippen molar-refractivity contribution in [1.29, 1.82) is 0 Å².